The van der Waals surface area contributed by atoms with Crippen LogP contribution in [0.1, 0.15) is 31.2 Å². The molecule has 1 atom stereocenters. The topological polar surface area (TPSA) is 32.3 Å². The van der Waals surface area contributed by atoms with Gasteiger partial charge in [-0.3, -0.25) is 4.79 Å². The summed E-state index contributed by atoms with van der Waals surface area (Å²) in [4.78, 5) is 14.2. The summed E-state index contributed by atoms with van der Waals surface area (Å²) in [7, 11) is 2.08. The van der Waals surface area contributed by atoms with E-state index in [1.165, 1.54) is 25.0 Å². The summed E-state index contributed by atoms with van der Waals surface area (Å²) >= 11 is 0. The fourth-order valence-corrected chi connectivity index (χ4v) is 2.49. The molecule has 0 aromatic heterocycles. The zero-order valence-corrected chi connectivity index (χ0v) is 11.4. The highest BCUT2D eigenvalue weighted by atomic mass is 19.1. The van der Waals surface area contributed by atoms with Crippen LogP contribution in [0.25, 0.3) is 0 Å². The van der Waals surface area contributed by atoms with Crippen molar-refractivity contribution in [3.05, 3.63) is 35.6 Å². The predicted octanol–water partition coefficient (Wildman–Crippen LogP) is 2.32. The van der Waals surface area contributed by atoms with Gasteiger partial charge in [0.25, 0.3) is 0 Å². The molecule has 2 rings (SSSR count). The maximum atomic E-state index is 12.7. The zero-order valence-electron chi connectivity index (χ0n) is 11.4. The summed E-state index contributed by atoms with van der Waals surface area (Å²) in [6.07, 6.45) is 4.09. The standard InChI is InChI=1S/C15H21FN2O/c1-18-9-3-2-4-14(18)10-15(19)17-11-12-5-7-13(16)8-6-12/h5-8,14H,2-4,9-11H2,1H3,(H,17,19). The first kappa shape index (κ1) is 14.0. The average Bonchev–Trinajstić information content (AvgIpc) is 2.41. The Hall–Kier alpha value is -1.42. The monoisotopic (exact) mass is 264 g/mol. The lowest BCUT2D eigenvalue weighted by Gasteiger charge is -2.31. The lowest BCUT2D eigenvalue weighted by Crippen LogP contribution is -2.40. The van der Waals surface area contributed by atoms with Crippen molar-refractivity contribution in [2.24, 2.45) is 0 Å². The smallest absolute Gasteiger partial charge is 0.221 e. The van der Waals surface area contributed by atoms with Crippen molar-refractivity contribution in [3.63, 3.8) is 0 Å². The molecule has 1 saturated heterocycles. The van der Waals surface area contributed by atoms with Crippen molar-refractivity contribution in [1.29, 1.82) is 0 Å². The van der Waals surface area contributed by atoms with Crippen LogP contribution in [0.3, 0.4) is 0 Å². The highest BCUT2D eigenvalue weighted by Gasteiger charge is 2.21. The van der Waals surface area contributed by atoms with Crippen LogP contribution in [0, 0.1) is 5.82 Å². The molecule has 1 aliphatic heterocycles. The molecule has 0 saturated carbocycles. The van der Waals surface area contributed by atoms with Gasteiger partial charge in [-0.15, -0.1) is 0 Å². The van der Waals surface area contributed by atoms with Gasteiger partial charge in [0.15, 0.2) is 0 Å². The normalized spacial score (nSPS) is 20.2. The van der Waals surface area contributed by atoms with E-state index >= 15 is 0 Å². The fraction of sp³-hybridized carbons (Fsp3) is 0.533. The molecular weight excluding hydrogens is 243 g/mol. The van der Waals surface area contributed by atoms with Crippen LogP contribution >= 0.6 is 0 Å². The van der Waals surface area contributed by atoms with Gasteiger partial charge < -0.3 is 10.2 Å². The van der Waals surface area contributed by atoms with Gasteiger partial charge >= 0.3 is 0 Å². The van der Waals surface area contributed by atoms with Crippen molar-refractivity contribution in [1.82, 2.24) is 10.2 Å². The number of piperidine rings is 1. The largest absolute Gasteiger partial charge is 0.352 e. The second-order valence-electron chi connectivity index (χ2n) is 5.24. The Labute approximate surface area is 113 Å². The number of hydrogen-bond acceptors (Lipinski definition) is 2. The van der Waals surface area contributed by atoms with E-state index in [0.717, 1.165) is 18.5 Å². The van der Waals surface area contributed by atoms with Gasteiger partial charge in [0.05, 0.1) is 0 Å². The van der Waals surface area contributed by atoms with Crippen molar-refractivity contribution in [2.45, 2.75) is 38.3 Å². The van der Waals surface area contributed by atoms with Crippen molar-refractivity contribution in [3.8, 4) is 0 Å². The van der Waals surface area contributed by atoms with Gasteiger partial charge in [-0.25, -0.2) is 4.39 Å². The highest BCUT2D eigenvalue weighted by molar-refractivity contribution is 5.76. The molecule has 1 aromatic carbocycles. The summed E-state index contributed by atoms with van der Waals surface area (Å²) in [5, 5.41) is 2.90. The zero-order chi connectivity index (χ0) is 13.7. The number of nitrogens with one attached hydrogen (secondary N) is 1. The molecule has 1 N–H and O–H groups in total. The second-order valence-corrected chi connectivity index (χ2v) is 5.24. The summed E-state index contributed by atoms with van der Waals surface area (Å²) in [5.74, 6) is -0.179. The molecule has 19 heavy (non-hydrogen) atoms. The third-order valence-electron chi connectivity index (χ3n) is 3.75. The molecule has 4 heteroatoms. The minimum atomic E-state index is -0.251. The number of likely N-dealkylation sites (tertiary alicyclic amines) is 1. The molecule has 1 unspecified atom stereocenters. The molecular formula is C15H21FN2O. The second kappa shape index (κ2) is 6.66. The summed E-state index contributed by atoms with van der Waals surface area (Å²) in [5.41, 5.74) is 0.923. The average molecular weight is 264 g/mol. The molecule has 3 nitrogen and oxygen atoms in total. The molecule has 1 aliphatic rings. The van der Waals surface area contributed by atoms with E-state index in [2.05, 4.69) is 17.3 Å². The highest BCUT2D eigenvalue weighted by Crippen LogP contribution is 2.17. The van der Waals surface area contributed by atoms with Gasteiger partial charge in [0, 0.05) is 19.0 Å². The van der Waals surface area contributed by atoms with Gasteiger partial charge in [0.1, 0.15) is 5.82 Å². The number of halogens is 1. The van der Waals surface area contributed by atoms with Gasteiger partial charge in [-0.1, -0.05) is 18.6 Å². The Bertz CT molecular complexity index is 419. The van der Waals surface area contributed by atoms with Gasteiger partial charge in [-0.2, -0.15) is 0 Å². The molecule has 0 spiro atoms. The van der Waals surface area contributed by atoms with E-state index in [9.17, 15) is 9.18 Å². The molecule has 0 radical (unpaired) electrons. The minimum Gasteiger partial charge on any atom is -0.352 e. The summed E-state index contributed by atoms with van der Waals surface area (Å²) in [6.45, 7) is 1.55. The van der Waals surface area contributed by atoms with Crippen LogP contribution in [0.15, 0.2) is 24.3 Å². The third-order valence-corrected chi connectivity index (χ3v) is 3.75. The van der Waals surface area contributed by atoms with E-state index in [1.807, 2.05) is 0 Å². The van der Waals surface area contributed by atoms with Crippen LogP contribution in [0.4, 0.5) is 4.39 Å². The maximum absolute atomic E-state index is 12.7. The molecule has 1 aromatic rings. The first-order chi connectivity index (χ1) is 9.15. The number of carbonyl (C=O) groups is 1. The van der Waals surface area contributed by atoms with E-state index in [1.54, 1.807) is 12.1 Å². The first-order valence-corrected chi connectivity index (χ1v) is 6.86. The van der Waals surface area contributed by atoms with Crippen molar-refractivity contribution in [2.75, 3.05) is 13.6 Å². The number of benzene rings is 1. The first-order valence-electron chi connectivity index (χ1n) is 6.86. The van der Waals surface area contributed by atoms with Crippen LogP contribution in [-0.2, 0) is 11.3 Å². The van der Waals surface area contributed by atoms with Crippen LogP contribution in [0.5, 0.6) is 0 Å². The Morgan fingerprint density at radius 1 is 1.37 bits per heavy atom. The Balaban J connectivity index is 1.76. The maximum Gasteiger partial charge on any atom is 0.221 e. The molecule has 104 valence electrons. The molecule has 1 amide bonds. The SMILES string of the molecule is CN1CCCCC1CC(=O)NCc1ccc(F)cc1. The quantitative estimate of drug-likeness (QED) is 0.905. The van der Waals surface area contributed by atoms with E-state index < -0.39 is 0 Å². The lowest BCUT2D eigenvalue weighted by molar-refractivity contribution is -0.122. The Morgan fingerprint density at radius 3 is 2.79 bits per heavy atom. The van der Waals surface area contributed by atoms with Gasteiger partial charge in [-0.05, 0) is 44.1 Å². The summed E-state index contributed by atoms with van der Waals surface area (Å²) in [6, 6.07) is 6.58. The van der Waals surface area contributed by atoms with E-state index in [0.29, 0.717) is 19.0 Å². The van der Waals surface area contributed by atoms with Crippen LogP contribution in [-0.4, -0.2) is 30.4 Å². The number of carbonyl (C=O) groups excluding carboxylic acids is 1. The number of rotatable bonds is 4. The molecule has 0 bridgehead atoms. The Kier molecular flexibility index (Phi) is 4.91. The lowest BCUT2D eigenvalue weighted by atomic mass is 10.00. The number of nitrogens with zero attached hydrogens (tertiary/aromatic N) is 1. The van der Waals surface area contributed by atoms with Crippen molar-refractivity contribution < 1.29 is 9.18 Å². The third kappa shape index (κ3) is 4.31. The fourth-order valence-electron chi connectivity index (χ4n) is 2.49. The van der Waals surface area contributed by atoms with Crippen molar-refractivity contribution >= 4 is 5.91 Å². The molecule has 1 fully saturated rings. The van der Waals surface area contributed by atoms with Crippen LogP contribution < -0.4 is 5.32 Å². The van der Waals surface area contributed by atoms with E-state index in [-0.39, 0.29) is 11.7 Å². The number of hydrogen-bond donors (Lipinski definition) is 1. The number of amides is 1. The predicted molar refractivity (Wildman–Crippen MR) is 73.1 cm³/mol. The van der Waals surface area contributed by atoms with E-state index in [4.69, 9.17) is 0 Å². The Morgan fingerprint density at radius 2 is 2.11 bits per heavy atom. The summed E-state index contributed by atoms with van der Waals surface area (Å²) < 4.78 is 12.7. The molecule has 1 heterocycles. The van der Waals surface area contributed by atoms with Crippen LogP contribution in [0.2, 0.25) is 0 Å². The van der Waals surface area contributed by atoms with Gasteiger partial charge in [0.2, 0.25) is 5.91 Å². The molecule has 0 aliphatic carbocycles. The minimum absolute atomic E-state index is 0.0723.